The molecule has 1 aromatic carbocycles. The van der Waals surface area contributed by atoms with Crippen LogP contribution in [0.5, 0.6) is 5.75 Å². The second-order valence-electron chi connectivity index (χ2n) is 4.40. The van der Waals surface area contributed by atoms with Crippen molar-refractivity contribution in [1.29, 1.82) is 0 Å². The summed E-state index contributed by atoms with van der Waals surface area (Å²) in [6.07, 6.45) is -4.65. The second-order valence-corrected chi connectivity index (χ2v) is 4.40. The lowest BCUT2D eigenvalue weighted by Crippen LogP contribution is -2.34. The maximum absolute atomic E-state index is 12.0. The summed E-state index contributed by atoms with van der Waals surface area (Å²) in [7, 11) is 0. The van der Waals surface area contributed by atoms with Gasteiger partial charge in [0.2, 0.25) is 0 Å². The van der Waals surface area contributed by atoms with Gasteiger partial charge >= 0.3 is 12.1 Å². The van der Waals surface area contributed by atoms with Gasteiger partial charge in [0.05, 0.1) is 6.42 Å². The highest BCUT2D eigenvalue weighted by Crippen LogP contribution is 2.18. The summed E-state index contributed by atoms with van der Waals surface area (Å²) < 4.78 is 40.4. The molecule has 0 radical (unpaired) electrons. The number of aliphatic carboxylic acids is 1. The molecule has 1 atom stereocenters. The zero-order valence-electron chi connectivity index (χ0n) is 11.1. The van der Waals surface area contributed by atoms with Crippen molar-refractivity contribution < 1.29 is 32.6 Å². The lowest BCUT2D eigenvalue weighted by Gasteiger charge is -2.12. The highest BCUT2D eigenvalue weighted by molar-refractivity contribution is 5.94. The number of amides is 1. The third-order valence-corrected chi connectivity index (χ3v) is 2.38. The van der Waals surface area contributed by atoms with Crippen LogP contribution in [0.1, 0.15) is 23.7 Å². The molecule has 0 fully saturated rings. The Hall–Kier alpha value is -2.25. The molecule has 8 heteroatoms. The number of alkyl halides is 3. The number of benzene rings is 1. The van der Waals surface area contributed by atoms with E-state index in [1.54, 1.807) is 0 Å². The number of carbonyl (C=O) groups is 2. The lowest BCUT2D eigenvalue weighted by molar-refractivity contribution is -0.153. The minimum absolute atomic E-state index is 0.0116. The third kappa shape index (κ3) is 6.64. The molecule has 1 amide bonds. The maximum Gasteiger partial charge on any atom is 0.422 e. The first-order chi connectivity index (χ1) is 9.67. The topological polar surface area (TPSA) is 75.6 Å². The number of nitrogens with one attached hydrogen (secondary N) is 1. The van der Waals surface area contributed by atoms with Crippen molar-refractivity contribution in [3.05, 3.63) is 29.8 Å². The summed E-state index contributed by atoms with van der Waals surface area (Å²) >= 11 is 0. The number of rotatable bonds is 6. The Morgan fingerprint density at radius 1 is 1.29 bits per heavy atom. The van der Waals surface area contributed by atoms with Gasteiger partial charge in [0, 0.05) is 11.6 Å². The predicted octanol–water partition coefficient (Wildman–Crippen LogP) is 2.22. The Kier molecular flexibility index (Phi) is 5.57. The molecule has 21 heavy (non-hydrogen) atoms. The number of carbonyl (C=O) groups excluding carboxylic acids is 1. The Bertz CT molecular complexity index is 499. The van der Waals surface area contributed by atoms with E-state index in [-0.39, 0.29) is 17.7 Å². The van der Waals surface area contributed by atoms with Crippen LogP contribution in [0.15, 0.2) is 24.3 Å². The van der Waals surface area contributed by atoms with E-state index < -0.39 is 30.7 Å². The van der Waals surface area contributed by atoms with Crippen LogP contribution < -0.4 is 10.1 Å². The molecule has 1 aromatic rings. The molecular formula is C13H14F3NO4. The summed E-state index contributed by atoms with van der Waals surface area (Å²) in [5.41, 5.74) is 0.201. The van der Waals surface area contributed by atoms with Gasteiger partial charge in [-0.05, 0) is 31.2 Å². The van der Waals surface area contributed by atoms with Gasteiger partial charge in [0.15, 0.2) is 6.61 Å². The van der Waals surface area contributed by atoms with Gasteiger partial charge in [0.1, 0.15) is 5.75 Å². The first-order valence-electron chi connectivity index (χ1n) is 5.99. The van der Waals surface area contributed by atoms with Crippen LogP contribution in [0.25, 0.3) is 0 Å². The van der Waals surface area contributed by atoms with E-state index in [0.29, 0.717) is 0 Å². The van der Waals surface area contributed by atoms with Crippen molar-refractivity contribution in [3.8, 4) is 5.75 Å². The highest BCUT2D eigenvalue weighted by atomic mass is 19.4. The van der Waals surface area contributed by atoms with E-state index in [2.05, 4.69) is 10.1 Å². The number of carboxylic acid groups (broad SMARTS) is 1. The molecule has 0 saturated heterocycles. The van der Waals surface area contributed by atoms with Gasteiger partial charge in [-0.15, -0.1) is 0 Å². The fraction of sp³-hybridized carbons (Fsp3) is 0.385. The van der Waals surface area contributed by atoms with Crippen molar-refractivity contribution in [3.63, 3.8) is 0 Å². The zero-order valence-corrected chi connectivity index (χ0v) is 11.1. The van der Waals surface area contributed by atoms with E-state index in [4.69, 9.17) is 5.11 Å². The number of hydrogen-bond donors (Lipinski definition) is 2. The SMILES string of the molecule is CC(CC(=O)O)NC(=O)c1ccc(OCC(F)(F)F)cc1. The molecule has 1 unspecified atom stereocenters. The number of halogens is 3. The summed E-state index contributed by atoms with van der Waals surface area (Å²) in [4.78, 5) is 22.2. The Morgan fingerprint density at radius 2 is 1.86 bits per heavy atom. The molecule has 0 aliphatic rings. The van der Waals surface area contributed by atoms with Crippen molar-refractivity contribution in [2.75, 3.05) is 6.61 Å². The molecule has 0 aliphatic carbocycles. The van der Waals surface area contributed by atoms with Crippen LogP contribution in [-0.2, 0) is 4.79 Å². The van der Waals surface area contributed by atoms with Gasteiger partial charge in [-0.25, -0.2) is 0 Å². The summed E-state index contributed by atoms with van der Waals surface area (Å²) in [6.45, 7) is 0.126. The first-order valence-corrected chi connectivity index (χ1v) is 5.99. The van der Waals surface area contributed by atoms with Crippen LogP contribution in [0.2, 0.25) is 0 Å². The van der Waals surface area contributed by atoms with E-state index in [1.807, 2.05) is 0 Å². The number of carboxylic acids is 1. The molecule has 0 spiro atoms. The van der Waals surface area contributed by atoms with E-state index in [1.165, 1.54) is 31.2 Å². The largest absolute Gasteiger partial charge is 0.484 e. The van der Waals surface area contributed by atoms with Crippen molar-refractivity contribution in [1.82, 2.24) is 5.32 Å². The zero-order chi connectivity index (χ0) is 16.0. The van der Waals surface area contributed by atoms with E-state index in [9.17, 15) is 22.8 Å². The average Bonchev–Trinajstić information content (AvgIpc) is 2.35. The first kappa shape index (κ1) is 16.8. The van der Waals surface area contributed by atoms with Gasteiger partial charge in [-0.2, -0.15) is 13.2 Å². The van der Waals surface area contributed by atoms with Crippen LogP contribution >= 0.6 is 0 Å². The fourth-order valence-electron chi connectivity index (χ4n) is 1.49. The summed E-state index contributed by atoms with van der Waals surface area (Å²) in [5, 5.41) is 11.0. The molecule has 0 aliphatic heterocycles. The smallest absolute Gasteiger partial charge is 0.422 e. The molecule has 0 bridgehead atoms. The minimum Gasteiger partial charge on any atom is -0.484 e. The van der Waals surface area contributed by atoms with E-state index in [0.717, 1.165) is 0 Å². The molecule has 2 N–H and O–H groups in total. The molecule has 5 nitrogen and oxygen atoms in total. The quantitative estimate of drug-likeness (QED) is 0.845. The minimum atomic E-state index is -4.43. The highest BCUT2D eigenvalue weighted by Gasteiger charge is 2.28. The summed E-state index contributed by atoms with van der Waals surface area (Å²) in [5.74, 6) is -1.56. The monoisotopic (exact) mass is 305 g/mol. The normalized spacial score (nSPS) is 12.6. The third-order valence-electron chi connectivity index (χ3n) is 2.38. The summed E-state index contributed by atoms with van der Waals surface area (Å²) in [6, 6.07) is 4.52. The lowest BCUT2D eigenvalue weighted by atomic mass is 10.1. The fourth-order valence-corrected chi connectivity index (χ4v) is 1.49. The van der Waals surface area contributed by atoms with Crippen LogP contribution in [0, 0.1) is 0 Å². The number of hydrogen-bond acceptors (Lipinski definition) is 3. The molecule has 0 heterocycles. The van der Waals surface area contributed by atoms with Crippen LogP contribution in [0.3, 0.4) is 0 Å². The molecular weight excluding hydrogens is 291 g/mol. The van der Waals surface area contributed by atoms with Crippen LogP contribution in [-0.4, -0.2) is 35.8 Å². The molecule has 0 saturated carbocycles. The van der Waals surface area contributed by atoms with Crippen molar-refractivity contribution >= 4 is 11.9 Å². The van der Waals surface area contributed by atoms with Gasteiger partial charge in [-0.3, -0.25) is 9.59 Å². The predicted molar refractivity (Wildman–Crippen MR) is 67.2 cm³/mol. The van der Waals surface area contributed by atoms with Crippen LogP contribution in [0.4, 0.5) is 13.2 Å². The second kappa shape index (κ2) is 6.96. The Morgan fingerprint density at radius 3 is 2.33 bits per heavy atom. The maximum atomic E-state index is 12.0. The van der Waals surface area contributed by atoms with Gasteiger partial charge in [-0.1, -0.05) is 0 Å². The molecule has 1 rings (SSSR count). The molecule has 0 aromatic heterocycles. The Balaban J connectivity index is 2.57. The van der Waals surface area contributed by atoms with Crippen molar-refractivity contribution in [2.24, 2.45) is 0 Å². The average molecular weight is 305 g/mol. The van der Waals surface area contributed by atoms with E-state index >= 15 is 0 Å². The Labute approximate surface area is 118 Å². The molecule has 116 valence electrons. The van der Waals surface area contributed by atoms with Crippen molar-refractivity contribution in [2.45, 2.75) is 25.6 Å². The number of ether oxygens (including phenoxy) is 1. The van der Waals surface area contributed by atoms with Gasteiger partial charge in [0.25, 0.3) is 5.91 Å². The standard InChI is InChI=1S/C13H14F3NO4/c1-8(6-11(18)19)17-12(20)9-2-4-10(5-3-9)21-7-13(14,15)16/h2-5,8H,6-7H2,1H3,(H,17,20)(H,18,19). The van der Waals surface area contributed by atoms with Gasteiger partial charge < -0.3 is 15.2 Å².